The van der Waals surface area contributed by atoms with Gasteiger partial charge in [-0.15, -0.1) is 0 Å². The zero-order valence-electron chi connectivity index (χ0n) is 11.3. The van der Waals surface area contributed by atoms with Crippen LogP contribution in [-0.4, -0.2) is 17.5 Å². The van der Waals surface area contributed by atoms with Crippen LogP contribution in [0.1, 0.15) is 37.7 Å². The fourth-order valence-corrected chi connectivity index (χ4v) is 4.10. The van der Waals surface area contributed by atoms with Crippen LogP contribution in [0.4, 0.5) is 4.39 Å². The van der Waals surface area contributed by atoms with Gasteiger partial charge in [0, 0.05) is 27.9 Å². The van der Waals surface area contributed by atoms with Gasteiger partial charge < -0.3 is 5.32 Å². The van der Waals surface area contributed by atoms with Gasteiger partial charge in [-0.3, -0.25) is 0 Å². The van der Waals surface area contributed by atoms with Crippen molar-refractivity contribution < 1.29 is 4.39 Å². The van der Waals surface area contributed by atoms with Crippen molar-refractivity contribution in [3.05, 3.63) is 34.1 Å². The van der Waals surface area contributed by atoms with Gasteiger partial charge in [-0.25, -0.2) is 4.39 Å². The smallest absolute Gasteiger partial charge is 0.127 e. The molecule has 1 aliphatic rings. The molecule has 0 atom stereocenters. The molecule has 0 aromatic heterocycles. The van der Waals surface area contributed by atoms with E-state index in [1.807, 2.05) is 17.8 Å². The van der Waals surface area contributed by atoms with Crippen molar-refractivity contribution in [1.29, 1.82) is 0 Å². The van der Waals surface area contributed by atoms with Gasteiger partial charge >= 0.3 is 0 Å². The Balaban J connectivity index is 1.90. The predicted molar refractivity (Wildman–Crippen MR) is 85.1 cm³/mol. The number of thioether (sulfide) groups is 1. The molecule has 0 spiro atoms. The summed E-state index contributed by atoms with van der Waals surface area (Å²) in [6, 6.07) is 5.12. The molecule has 0 heterocycles. The van der Waals surface area contributed by atoms with E-state index < -0.39 is 0 Å². The number of benzene rings is 1. The van der Waals surface area contributed by atoms with E-state index in [4.69, 9.17) is 0 Å². The second-order valence-corrected chi connectivity index (χ2v) is 7.48. The molecule has 4 heteroatoms. The summed E-state index contributed by atoms with van der Waals surface area (Å²) < 4.78 is 14.9. The van der Waals surface area contributed by atoms with Crippen molar-refractivity contribution in [2.45, 2.75) is 43.4 Å². The number of nitrogens with one attached hydrogen (secondary N) is 1. The molecule has 0 aliphatic heterocycles. The quantitative estimate of drug-likeness (QED) is 0.826. The zero-order valence-corrected chi connectivity index (χ0v) is 13.7. The van der Waals surface area contributed by atoms with Gasteiger partial charge in [0.15, 0.2) is 0 Å². The summed E-state index contributed by atoms with van der Waals surface area (Å²) in [6.07, 6.45) is 8.78. The fraction of sp³-hybridized carbons (Fsp3) is 0.600. The first kappa shape index (κ1) is 15.3. The summed E-state index contributed by atoms with van der Waals surface area (Å²) in [4.78, 5) is 0. The molecule has 1 saturated carbocycles. The molecule has 0 radical (unpaired) electrons. The van der Waals surface area contributed by atoms with Crippen LogP contribution in [0.15, 0.2) is 22.7 Å². The summed E-state index contributed by atoms with van der Waals surface area (Å²) in [5.74, 6) is -0.127. The highest BCUT2D eigenvalue weighted by atomic mass is 79.9. The van der Waals surface area contributed by atoms with Crippen LogP contribution in [-0.2, 0) is 6.54 Å². The van der Waals surface area contributed by atoms with Gasteiger partial charge in [0.2, 0.25) is 0 Å². The number of halogens is 2. The third-order valence-corrected chi connectivity index (χ3v) is 5.88. The molecule has 1 fully saturated rings. The minimum Gasteiger partial charge on any atom is -0.311 e. The molecule has 0 amide bonds. The zero-order chi connectivity index (χ0) is 13.7. The van der Waals surface area contributed by atoms with E-state index in [1.54, 1.807) is 6.07 Å². The number of hydrogen-bond donors (Lipinski definition) is 1. The van der Waals surface area contributed by atoms with Crippen molar-refractivity contribution >= 4 is 27.7 Å². The van der Waals surface area contributed by atoms with Crippen molar-refractivity contribution in [2.75, 3.05) is 12.8 Å². The standard InChI is InChI=1S/C15H21BrFNS/c1-19-15(7-3-2-4-8-15)11-18-10-12-9-13(16)5-6-14(12)17/h5-6,9,18H,2-4,7-8,10-11H2,1H3. The Labute approximate surface area is 127 Å². The topological polar surface area (TPSA) is 12.0 Å². The van der Waals surface area contributed by atoms with Crippen molar-refractivity contribution in [3.8, 4) is 0 Å². The van der Waals surface area contributed by atoms with E-state index in [0.717, 1.165) is 16.6 Å². The van der Waals surface area contributed by atoms with E-state index in [1.165, 1.54) is 38.2 Å². The van der Waals surface area contributed by atoms with Crippen LogP contribution in [0, 0.1) is 5.82 Å². The second kappa shape index (κ2) is 7.09. The Bertz CT molecular complexity index is 419. The Hall–Kier alpha value is -0.0600. The first-order chi connectivity index (χ1) is 9.15. The summed E-state index contributed by atoms with van der Waals surface area (Å²) in [6.45, 7) is 1.58. The van der Waals surface area contributed by atoms with Gasteiger partial charge in [0.25, 0.3) is 0 Å². The second-order valence-electron chi connectivity index (χ2n) is 5.29. The van der Waals surface area contributed by atoms with Crippen LogP contribution < -0.4 is 5.32 Å². The monoisotopic (exact) mass is 345 g/mol. The highest BCUT2D eigenvalue weighted by Crippen LogP contribution is 2.38. The summed E-state index contributed by atoms with van der Waals surface area (Å²) in [5, 5.41) is 3.45. The molecule has 1 aromatic rings. The lowest BCUT2D eigenvalue weighted by Gasteiger charge is -2.36. The molecule has 0 bridgehead atoms. The Morgan fingerprint density at radius 1 is 1.32 bits per heavy atom. The Morgan fingerprint density at radius 3 is 2.74 bits per heavy atom. The molecule has 106 valence electrons. The molecule has 19 heavy (non-hydrogen) atoms. The maximum Gasteiger partial charge on any atom is 0.127 e. The predicted octanol–water partition coefficient (Wildman–Crippen LogP) is 4.74. The van der Waals surface area contributed by atoms with Crippen LogP contribution >= 0.6 is 27.7 Å². The molecule has 1 nitrogen and oxygen atoms in total. The number of rotatable bonds is 5. The molecule has 0 saturated heterocycles. The fourth-order valence-electron chi connectivity index (χ4n) is 2.75. The average Bonchev–Trinajstić information content (AvgIpc) is 2.44. The Kier molecular flexibility index (Phi) is 5.72. The molecule has 1 aromatic carbocycles. The van der Waals surface area contributed by atoms with Gasteiger partial charge in [-0.1, -0.05) is 35.2 Å². The van der Waals surface area contributed by atoms with Crippen LogP contribution in [0.3, 0.4) is 0 Å². The summed E-state index contributed by atoms with van der Waals surface area (Å²) in [7, 11) is 0. The molecule has 1 N–H and O–H groups in total. The SMILES string of the molecule is CSC1(CNCc2cc(Br)ccc2F)CCCCC1. The molecule has 0 unspecified atom stereocenters. The third kappa shape index (κ3) is 4.20. The normalized spacial score (nSPS) is 18.5. The maximum atomic E-state index is 13.6. The van der Waals surface area contributed by atoms with Crippen LogP contribution in [0.2, 0.25) is 0 Å². The van der Waals surface area contributed by atoms with E-state index in [0.29, 0.717) is 11.3 Å². The van der Waals surface area contributed by atoms with Gasteiger partial charge in [0.1, 0.15) is 5.82 Å². The van der Waals surface area contributed by atoms with E-state index in [-0.39, 0.29) is 5.82 Å². The minimum absolute atomic E-state index is 0.127. The van der Waals surface area contributed by atoms with Crippen LogP contribution in [0.25, 0.3) is 0 Å². The van der Waals surface area contributed by atoms with Gasteiger partial charge in [0.05, 0.1) is 0 Å². The largest absolute Gasteiger partial charge is 0.311 e. The molecular formula is C15H21BrFNS. The van der Waals surface area contributed by atoms with E-state index in [9.17, 15) is 4.39 Å². The first-order valence-corrected chi connectivity index (χ1v) is 8.87. The average molecular weight is 346 g/mol. The van der Waals surface area contributed by atoms with Crippen molar-refractivity contribution in [3.63, 3.8) is 0 Å². The first-order valence-electron chi connectivity index (χ1n) is 6.85. The molecule has 2 rings (SSSR count). The van der Waals surface area contributed by atoms with Crippen LogP contribution in [0.5, 0.6) is 0 Å². The minimum atomic E-state index is -0.127. The van der Waals surface area contributed by atoms with E-state index in [2.05, 4.69) is 27.5 Å². The number of hydrogen-bond acceptors (Lipinski definition) is 2. The highest BCUT2D eigenvalue weighted by Gasteiger charge is 2.30. The van der Waals surface area contributed by atoms with E-state index >= 15 is 0 Å². The summed E-state index contributed by atoms with van der Waals surface area (Å²) in [5.41, 5.74) is 0.737. The molecular weight excluding hydrogens is 325 g/mol. The van der Waals surface area contributed by atoms with Crippen molar-refractivity contribution in [1.82, 2.24) is 5.32 Å². The van der Waals surface area contributed by atoms with Crippen molar-refractivity contribution in [2.24, 2.45) is 0 Å². The lowest BCUT2D eigenvalue weighted by atomic mass is 9.88. The Morgan fingerprint density at radius 2 is 2.05 bits per heavy atom. The molecule has 1 aliphatic carbocycles. The highest BCUT2D eigenvalue weighted by molar-refractivity contribution is 9.10. The summed E-state index contributed by atoms with van der Waals surface area (Å²) >= 11 is 5.36. The lowest BCUT2D eigenvalue weighted by molar-refractivity contribution is 0.378. The van der Waals surface area contributed by atoms with Gasteiger partial charge in [-0.2, -0.15) is 11.8 Å². The third-order valence-electron chi connectivity index (χ3n) is 3.97. The van der Waals surface area contributed by atoms with Gasteiger partial charge in [-0.05, 0) is 37.3 Å². The maximum absolute atomic E-state index is 13.6. The lowest BCUT2D eigenvalue weighted by Crippen LogP contribution is -2.39.